The third kappa shape index (κ3) is 20.5. The second kappa shape index (κ2) is 40.2. The van der Waals surface area contributed by atoms with Crippen LogP contribution >= 0.6 is 0 Å². The summed E-state index contributed by atoms with van der Waals surface area (Å²) in [5.74, 6) is -1.45. The number of pyridine rings is 6. The number of hydrogen-bond acceptors (Lipinski definition) is 26. The first kappa shape index (κ1) is 92.6. The second-order valence-electron chi connectivity index (χ2n) is 35.6. The number of methoxy groups -OCH3 is 4. The highest BCUT2D eigenvalue weighted by Crippen LogP contribution is 2.45. The Bertz CT molecular complexity index is 7530. The predicted molar refractivity (Wildman–Crippen MR) is 496 cm³/mol. The summed E-state index contributed by atoms with van der Waals surface area (Å²) < 4.78 is 120. The van der Waals surface area contributed by atoms with Crippen LogP contribution in [0.3, 0.4) is 0 Å². The van der Waals surface area contributed by atoms with Crippen molar-refractivity contribution in [1.29, 1.82) is 0 Å². The minimum atomic E-state index is -0.861. The first-order chi connectivity index (χ1) is 68.6. The largest absolute Gasteiger partial charge is 0.494 e. The summed E-state index contributed by atoms with van der Waals surface area (Å²) in [5, 5.41) is 35.0. The van der Waals surface area contributed by atoms with Gasteiger partial charge in [0.25, 0.3) is 23.7 Å². The Labute approximate surface area is 801 Å². The average molecular weight is 1920 g/mol. The molecule has 3 amide bonds. The van der Waals surface area contributed by atoms with Gasteiger partial charge >= 0.3 is 0 Å². The van der Waals surface area contributed by atoms with Gasteiger partial charge in [-0.2, -0.15) is 4.98 Å². The van der Waals surface area contributed by atoms with Crippen molar-refractivity contribution in [3.8, 4) is 34.7 Å². The summed E-state index contributed by atoms with van der Waals surface area (Å²) in [6.45, 7) is 2.45. The van der Waals surface area contributed by atoms with E-state index in [2.05, 4.69) is 148 Å². The molecule has 141 heavy (non-hydrogen) atoms. The Morgan fingerprint density at radius 3 is 1.68 bits per heavy atom. The zero-order valence-corrected chi connectivity index (χ0v) is 77.6. The molecule has 3 N–H and O–H groups in total. The number of amides is 3. The molecule has 15 aromatic heterocycles. The first-order valence-corrected chi connectivity index (χ1v) is 46.2. The molecule has 4 aliphatic carbocycles. The zero-order chi connectivity index (χ0) is 97.2. The third-order valence-corrected chi connectivity index (χ3v) is 25.5. The van der Waals surface area contributed by atoms with Crippen molar-refractivity contribution in [3.05, 3.63) is 303 Å². The molecule has 38 nitrogen and oxygen atoms in total. The molecular weight excluding hydrogens is 1820 g/mol. The van der Waals surface area contributed by atoms with Gasteiger partial charge in [0, 0.05) is 136 Å². The van der Waals surface area contributed by atoms with Crippen molar-refractivity contribution < 1.29 is 69.6 Å². The molecule has 4 saturated carbocycles. The van der Waals surface area contributed by atoms with E-state index in [0.29, 0.717) is 74.0 Å². The molecule has 17 heterocycles. The summed E-state index contributed by atoms with van der Waals surface area (Å²) >= 11 is 0. The van der Waals surface area contributed by atoms with Gasteiger partial charge in [0.2, 0.25) is 0 Å². The number of rotatable bonds is 33. The van der Waals surface area contributed by atoms with Crippen LogP contribution in [0.25, 0.3) is 28.3 Å². The number of ether oxygens (including phenoxy) is 6. The average Bonchev–Trinajstić information content (AvgIpc) is 1.82. The number of ketones is 1. The Morgan fingerprint density at radius 1 is 0.504 bits per heavy atom. The maximum atomic E-state index is 15.1. The number of carbonyl (C=O) groups excluding carboxylic acids is 4. The van der Waals surface area contributed by atoms with Crippen LogP contribution in [0.1, 0.15) is 221 Å². The number of imidazole rings is 6. The Hall–Kier alpha value is -16.1. The van der Waals surface area contributed by atoms with Crippen molar-refractivity contribution in [2.24, 2.45) is 0 Å². The fourth-order valence-electron chi connectivity index (χ4n) is 17.3. The summed E-state index contributed by atoms with van der Waals surface area (Å²) in [6.07, 6.45) is 38.7. The number of Topliss-reactive ketones (excluding diaryl/α,β-unsaturated/α-hetero) is 1. The van der Waals surface area contributed by atoms with Crippen LogP contribution in [0.5, 0.6) is 29.0 Å². The van der Waals surface area contributed by atoms with Crippen LogP contribution in [0.15, 0.2) is 172 Å². The van der Waals surface area contributed by atoms with Crippen LogP contribution in [-0.2, 0) is 56.9 Å². The quantitative estimate of drug-likeness (QED) is 0.0195. The lowest BCUT2D eigenvalue weighted by atomic mass is 10.1. The Balaban J connectivity index is 0.000000116. The van der Waals surface area contributed by atoms with Gasteiger partial charge in [0.05, 0.1) is 126 Å². The van der Waals surface area contributed by atoms with Crippen LogP contribution in [0.4, 0.5) is 22.0 Å². The highest BCUT2D eigenvalue weighted by atomic mass is 19.1. The molecule has 0 saturated heterocycles. The first-order valence-electron chi connectivity index (χ1n) is 46.2. The van der Waals surface area contributed by atoms with E-state index in [9.17, 15) is 36.7 Å². The summed E-state index contributed by atoms with van der Waals surface area (Å²) in [4.78, 5) is 89.0. The number of aryl methyl sites for hydroxylation is 2. The normalized spacial score (nSPS) is 15.2. The molecule has 0 bridgehead atoms. The van der Waals surface area contributed by atoms with Crippen LogP contribution < -0.4 is 39.6 Å². The maximum absolute atomic E-state index is 15.1. The van der Waals surface area contributed by atoms with Crippen molar-refractivity contribution in [3.63, 3.8) is 0 Å². The van der Waals surface area contributed by atoms with E-state index in [1.165, 1.54) is 161 Å². The Kier molecular flexibility index (Phi) is 26.4. The predicted octanol–water partition coefficient (Wildman–Crippen LogP) is 12.2. The minimum Gasteiger partial charge on any atom is -0.494 e. The number of carbonyl (C=O) groups is 4. The number of halogens is 5. The highest BCUT2D eigenvalue weighted by molar-refractivity contribution is 5.94. The minimum absolute atomic E-state index is 0.0217. The van der Waals surface area contributed by atoms with Gasteiger partial charge in [-0.25, -0.2) is 60.9 Å². The molecular formula is C98H97F5N28O10. The van der Waals surface area contributed by atoms with Crippen molar-refractivity contribution >= 4 is 46.1 Å². The van der Waals surface area contributed by atoms with Crippen molar-refractivity contribution in [2.75, 3.05) is 62.3 Å². The van der Waals surface area contributed by atoms with E-state index < -0.39 is 40.9 Å². The number of tetrazole rings is 1. The molecule has 0 radical (unpaired) electrons. The number of hydrogen-bond donors (Lipinski definition) is 3. The number of likely N-dealkylation sites (N-methyl/N-ethyl adjacent to an activating group) is 1. The number of nitrogens with one attached hydrogen (secondary N) is 3. The van der Waals surface area contributed by atoms with Crippen molar-refractivity contribution in [1.82, 2.24) is 138 Å². The second-order valence-corrected chi connectivity index (χ2v) is 35.6. The highest BCUT2D eigenvalue weighted by Gasteiger charge is 2.36. The molecule has 43 heteroatoms. The molecule has 0 spiro atoms. The van der Waals surface area contributed by atoms with E-state index >= 15 is 4.39 Å². The number of nitrogens with zero attached hydrogens (tertiary/aromatic N) is 25. The Morgan fingerprint density at radius 2 is 1.05 bits per heavy atom. The van der Waals surface area contributed by atoms with Crippen molar-refractivity contribution in [2.45, 2.75) is 152 Å². The van der Waals surface area contributed by atoms with E-state index in [1.54, 1.807) is 33.9 Å². The molecule has 2 aromatic carbocycles. The lowest BCUT2D eigenvalue weighted by molar-refractivity contribution is 0.0933. The number of fused-ring (bicyclic) bond motifs is 6. The lowest BCUT2D eigenvalue weighted by Gasteiger charge is -2.14. The molecule has 23 rings (SSSR count). The summed E-state index contributed by atoms with van der Waals surface area (Å²) in [7, 11) is 9.46. The smallest absolute Gasteiger partial charge is 0.297 e. The molecule has 4 fully saturated rings. The van der Waals surface area contributed by atoms with Crippen LogP contribution in [0.2, 0.25) is 0 Å². The monoisotopic (exact) mass is 1920 g/mol. The van der Waals surface area contributed by atoms with E-state index in [0.717, 1.165) is 82.2 Å². The van der Waals surface area contributed by atoms with Crippen LogP contribution in [0, 0.1) is 29.1 Å². The van der Waals surface area contributed by atoms with E-state index in [-0.39, 0.29) is 119 Å². The standard InChI is InChI=1S/C27H31F2N7O3.C25H22FN9O3.C24H23FN6O2.C22H21FN6O2/c1-34(2)8-9-39-16-19-10-18(17-4-5-17)12-35-13-20(31-26(19)35)14-36-15-23(32-33-36)27(37)30-11-21-22(28)6-7-24(38-3)25(21)29;1-37-21-6-5-19(35-13-28-31-32-35)16(23(21)26)8-27-24(36)18-11-34-20(12-38-25(34)30-18)17-10-33-9-15(14-2-3-14)4-7-22(33)29-17;1-33-20-8-9-26-16(23(20)25)10-28-24(32)19-11-27-21-7-5-18(31(19)21)17-13-30-12-15(14-2-3-14)4-6-22(30)29-17;1-31-20-8-9-24-17(22(20)23)5-6-19(30)18-13-29(27-26-18)12-16-11-28-10-15(14-2-3-14)4-7-21(28)25-16/h6-7,10,12-13,15,17H,4-5,8-9,11,14,16H2,1-3H3,(H,30,37);4-7,9-11,13-14,20H,2-3,8,12H2,1H3,(H,27,36);4,6,8-9,11-14,18H,2-3,5,7,10H2,1H3,(H,28,32);4,7-11,13-14H,2-3,5-6,12H2,1H3. The molecule has 2 atom stereocenters. The van der Waals surface area contributed by atoms with E-state index in [1.807, 2.05) is 62.6 Å². The topological polar surface area (TPSA) is 399 Å². The summed E-state index contributed by atoms with van der Waals surface area (Å²) in [6, 6.07) is 23.0. The molecule has 17 aromatic rings. The summed E-state index contributed by atoms with van der Waals surface area (Å²) in [5.41, 5.74) is 14.5. The van der Waals surface area contributed by atoms with Gasteiger partial charge in [-0.15, -0.1) is 15.3 Å². The molecule has 6 aliphatic rings. The fraction of sp³-hybridized carbons (Fsp3) is 0.337. The number of benzene rings is 2. The van der Waals surface area contributed by atoms with E-state index in [4.69, 9.17) is 43.4 Å². The van der Waals surface area contributed by atoms with Gasteiger partial charge < -0.3 is 71.4 Å². The van der Waals surface area contributed by atoms with Gasteiger partial charge in [-0.3, -0.25) is 33.7 Å². The lowest BCUT2D eigenvalue weighted by Crippen LogP contribution is -2.27. The SMILES string of the molecule is COc1ccc(-n2cnnn2)c(CNC(=O)c2cn3c(n2)OCC3c2cn3cc(C4CC4)ccc3n2)c1F.COc1ccc(F)c(CNC(=O)c2cn(Cc3cn4cc(C5CC5)cc(COCCN(C)C)c4n3)nn2)c1F.COc1ccnc(CCC(=O)c2cn(Cc3cn4cc(C5CC5)ccc4n3)nn2)c1F.COc1ccnc(CNC(=O)c2cnc3n2C(c2cn4cc(C5CC5)ccc4n2)CC3)c1F. The number of aromatic nitrogens is 24. The fourth-order valence-corrected chi connectivity index (χ4v) is 17.3. The zero-order valence-electron chi connectivity index (χ0n) is 77.6. The van der Waals surface area contributed by atoms with Gasteiger partial charge in [0.1, 0.15) is 70.3 Å². The molecule has 2 aliphatic heterocycles. The third-order valence-electron chi connectivity index (χ3n) is 25.5. The van der Waals surface area contributed by atoms with Gasteiger partial charge in [-0.05, 0) is 177 Å². The van der Waals surface area contributed by atoms with Crippen LogP contribution in [-0.4, -0.2) is 208 Å². The maximum Gasteiger partial charge on any atom is 0.297 e. The molecule has 2 unspecified atom stereocenters. The van der Waals surface area contributed by atoms with Gasteiger partial charge in [-0.1, -0.05) is 28.6 Å². The van der Waals surface area contributed by atoms with Gasteiger partial charge in [0.15, 0.2) is 57.7 Å². The molecule has 724 valence electrons.